The van der Waals surface area contributed by atoms with Gasteiger partial charge in [-0.3, -0.25) is 9.36 Å². The predicted molar refractivity (Wildman–Crippen MR) is 118 cm³/mol. The maximum Gasteiger partial charge on any atom is 0.365 e. The zero-order valence-electron chi connectivity index (χ0n) is 16.0. The Morgan fingerprint density at radius 1 is 1.06 bits per heavy atom. The molecule has 3 aromatic rings. The number of aliphatic carboxylic acids is 1. The second kappa shape index (κ2) is 11.2. The largest absolute Gasteiger partial charge is 0.479 e. The van der Waals surface area contributed by atoms with Gasteiger partial charge < -0.3 is 30.4 Å². The number of rotatable bonds is 7. The summed E-state index contributed by atoms with van der Waals surface area (Å²) < 4.78 is 11.8. The lowest BCUT2D eigenvalue weighted by Crippen LogP contribution is -2.18. The highest BCUT2D eigenvalue weighted by atomic mass is 32.2. The summed E-state index contributed by atoms with van der Waals surface area (Å²) in [6.45, 7) is 0. The molecule has 0 fully saturated rings. The molecule has 0 aliphatic carbocycles. The fraction of sp³-hybridized carbons (Fsp3) is 0.111. The van der Waals surface area contributed by atoms with Crippen LogP contribution in [0, 0.1) is 0 Å². The molecule has 1 aromatic heterocycles. The zero-order chi connectivity index (χ0) is 23.9. The van der Waals surface area contributed by atoms with Crippen molar-refractivity contribution in [3.05, 3.63) is 54.1 Å². The average molecular weight is 500 g/mol. The van der Waals surface area contributed by atoms with E-state index >= 15 is 0 Å². The number of aliphatic hydroxyl groups excluding tert-OH is 1. The Labute approximate surface area is 188 Å². The third-order valence-electron chi connectivity index (χ3n) is 3.56. The average Bonchev–Trinajstić information content (AvgIpc) is 3.15. The van der Waals surface area contributed by atoms with E-state index in [0.29, 0.717) is 5.69 Å². The molecule has 0 saturated carbocycles. The summed E-state index contributed by atoms with van der Waals surface area (Å²) in [6.07, 6.45) is 0. The number of thioether (sulfide) groups is 1. The number of carbonyl (C=O) groups is 3. The van der Waals surface area contributed by atoms with E-state index in [1.165, 1.54) is 23.9 Å². The number of hydrogen-bond acceptors (Lipinski definition) is 8. The lowest BCUT2D eigenvalue weighted by atomic mass is 10.2. The Morgan fingerprint density at radius 2 is 1.69 bits per heavy atom. The Hall–Kier alpha value is -2.80. The van der Waals surface area contributed by atoms with Crippen LogP contribution < -0.4 is 5.32 Å². The number of nitrogens with one attached hydrogen (secondary N) is 1. The highest BCUT2D eigenvalue weighted by Gasteiger charge is 2.33. The molecule has 0 radical (unpaired) electrons. The summed E-state index contributed by atoms with van der Waals surface area (Å²) in [5.41, 5.74) is 1.70. The van der Waals surface area contributed by atoms with Crippen LogP contribution >= 0.6 is 30.7 Å². The molecule has 32 heavy (non-hydrogen) atoms. The fourth-order valence-electron chi connectivity index (χ4n) is 2.08. The summed E-state index contributed by atoms with van der Waals surface area (Å²) in [4.78, 5) is 52.7. The first-order valence-corrected chi connectivity index (χ1v) is 12.0. The highest BCUT2D eigenvalue weighted by Crippen LogP contribution is 2.39. The molecular weight excluding hydrogens is 483 g/mol. The second-order valence-electron chi connectivity index (χ2n) is 5.97. The number of fused-ring (bicyclic) bond motifs is 1. The number of benzene rings is 2. The van der Waals surface area contributed by atoms with E-state index in [1.54, 1.807) is 23.5 Å². The standard InChI is InChI=1S/C16H12N2O3S2.C2H5O6P/c19-14(17-11-7-5-10(6-8-11)15(20)21)9-22-16-18-12-3-1-2-4-13(12)23-16;3-1(4)2(5)9(6,7)8/h1-8H,9H2,(H,17,19)(H,20,21);2,5H,(H,3,4)(H2,6,7,8). The number of amides is 1. The van der Waals surface area contributed by atoms with Crippen LogP contribution in [0.1, 0.15) is 10.4 Å². The van der Waals surface area contributed by atoms with Gasteiger partial charge in [0, 0.05) is 5.69 Å². The Kier molecular flexibility index (Phi) is 8.89. The topological polar surface area (TPSA) is 194 Å². The van der Waals surface area contributed by atoms with E-state index < -0.39 is 25.4 Å². The van der Waals surface area contributed by atoms with Gasteiger partial charge in [0.15, 0.2) is 4.34 Å². The van der Waals surface area contributed by atoms with Crippen molar-refractivity contribution in [3.63, 3.8) is 0 Å². The maximum absolute atomic E-state index is 11.9. The smallest absolute Gasteiger partial charge is 0.365 e. The first-order valence-electron chi connectivity index (χ1n) is 8.55. The molecule has 1 unspecified atom stereocenters. The van der Waals surface area contributed by atoms with Crippen LogP contribution in [-0.4, -0.2) is 59.5 Å². The molecular formula is C18H17N2O9PS2. The van der Waals surface area contributed by atoms with Gasteiger partial charge in [0.05, 0.1) is 21.5 Å². The summed E-state index contributed by atoms with van der Waals surface area (Å²) in [6, 6.07) is 13.9. The highest BCUT2D eigenvalue weighted by molar-refractivity contribution is 8.01. The molecule has 6 N–H and O–H groups in total. The van der Waals surface area contributed by atoms with E-state index in [4.69, 9.17) is 25.1 Å². The third kappa shape index (κ3) is 7.71. The van der Waals surface area contributed by atoms with Gasteiger partial charge in [-0.1, -0.05) is 23.9 Å². The molecule has 170 valence electrons. The van der Waals surface area contributed by atoms with Crippen molar-refractivity contribution in [1.29, 1.82) is 0 Å². The number of aliphatic hydroxyl groups is 1. The van der Waals surface area contributed by atoms with E-state index in [9.17, 15) is 18.9 Å². The summed E-state index contributed by atoms with van der Waals surface area (Å²) in [5, 5.41) is 27.4. The Morgan fingerprint density at radius 3 is 2.19 bits per heavy atom. The summed E-state index contributed by atoms with van der Waals surface area (Å²) >= 11 is 2.94. The molecule has 3 rings (SSSR count). The molecule has 1 heterocycles. The molecule has 0 spiro atoms. The number of aromatic nitrogens is 1. The van der Waals surface area contributed by atoms with Crippen LogP contribution in [-0.2, 0) is 14.2 Å². The van der Waals surface area contributed by atoms with Crippen LogP contribution in [0.4, 0.5) is 5.69 Å². The van der Waals surface area contributed by atoms with Crippen molar-refractivity contribution >= 4 is 64.4 Å². The quantitative estimate of drug-likeness (QED) is 0.206. The van der Waals surface area contributed by atoms with Gasteiger partial charge in [-0.05, 0) is 36.4 Å². The molecule has 11 nitrogen and oxygen atoms in total. The van der Waals surface area contributed by atoms with Crippen LogP contribution in [0.5, 0.6) is 0 Å². The van der Waals surface area contributed by atoms with Gasteiger partial charge in [-0.25, -0.2) is 14.6 Å². The molecule has 2 aromatic carbocycles. The molecule has 1 atom stereocenters. The second-order valence-corrected chi connectivity index (χ2v) is 9.89. The van der Waals surface area contributed by atoms with Crippen molar-refractivity contribution in [2.45, 2.75) is 10.2 Å². The number of carboxylic acid groups (broad SMARTS) is 2. The molecule has 0 aliphatic heterocycles. The minimum Gasteiger partial charge on any atom is -0.479 e. The molecule has 14 heteroatoms. The number of thiazole rings is 1. The Balaban J connectivity index is 0.000000344. The lowest BCUT2D eigenvalue weighted by Gasteiger charge is -2.05. The first kappa shape index (κ1) is 25.5. The monoisotopic (exact) mass is 500 g/mol. The van der Waals surface area contributed by atoms with E-state index in [0.717, 1.165) is 14.6 Å². The van der Waals surface area contributed by atoms with Gasteiger partial charge in [-0.2, -0.15) is 0 Å². The number of nitrogens with zero attached hydrogens (tertiary/aromatic N) is 1. The minimum atomic E-state index is -4.86. The van der Waals surface area contributed by atoms with E-state index in [-0.39, 0.29) is 17.2 Å². The minimum absolute atomic E-state index is 0.155. The number of anilines is 1. The number of hydrogen-bond donors (Lipinski definition) is 6. The molecule has 0 bridgehead atoms. The third-order valence-corrected chi connectivity index (χ3v) is 6.59. The Bertz CT molecular complexity index is 1130. The van der Waals surface area contributed by atoms with Crippen molar-refractivity contribution < 1.29 is 44.1 Å². The number of aromatic carboxylic acids is 1. The number of para-hydroxylation sites is 1. The van der Waals surface area contributed by atoms with Crippen LogP contribution in [0.2, 0.25) is 0 Å². The molecule has 0 aliphatic rings. The van der Waals surface area contributed by atoms with Crippen LogP contribution in [0.15, 0.2) is 52.9 Å². The van der Waals surface area contributed by atoms with Crippen molar-refractivity contribution in [3.8, 4) is 0 Å². The summed E-state index contributed by atoms with van der Waals surface area (Å²) in [7, 11) is -4.86. The van der Waals surface area contributed by atoms with Crippen LogP contribution in [0.25, 0.3) is 10.2 Å². The SMILES string of the molecule is O=C(CSc1nc2ccccc2s1)Nc1ccc(C(=O)O)cc1.O=C(O)C(O)P(=O)(O)O. The predicted octanol–water partition coefficient (Wildman–Crippen LogP) is 2.29. The van der Waals surface area contributed by atoms with Crippen LogP contribution in [0.3, 0.4) is 0 Å². The van der Waals surface area contributed by atoms with E-state index in [1.807, 2.05) is 24.3 Å². The normalized spacial score (nSPS) is 11.8. The van der Waals surface area contributed by atoms with Crippen molar-refractivity contribution in [1.82, 2.24) is 4.98 Å². The van der Waals surface area contributed by atoms with Crippen molar-refractivity contribution in [2.75, 3.05) is 11.1 Å². The van der Waals surface area contributed by atoms with E-state index in [2.05, 4.69) is 10.3 Å². The van der Waals surface area contributed by atoms with Gasteiger partial charge >= 0.3 is 19.5 Å². The number of carboxylic acids is 2. The molecule has 0 saturated heterocycles. The maximum atomic E-state index is 11.9. The lowest BCUT2D eigenvalue weighted by molar-refractivity contribution is -0.143. The van der Waals surface area contributed by atoms with Gasteiger partial charge in [0.2, 0.25) is 5.91 Å². The summed E-state index contributed by atoms with van der Waals surface area (Å²) in [5.74, 6) is -5.42. The zero-order valence-corrected chi connectivity index (χ0v) is 18.5. The van der Waals surface area contributed by atoms with Gasteiger partial charge in [-0.15, -0.1) is 11.3 Å². The first-order chi connectivity index (χ1) is 15.0. The van der Waals surface area contributed by atoms with Crippen molar-refractivity contribution in [2.24, 2.45) is 0 Å². The number of carbonyl (C=O) groups excluding carboxylic acids is 1. The van der Waals surface area contributed by atoms with Gasteiger partial charge in [0.25, 0.3) is 5.85 Å². The fourth-order valence-corrected chi connectivity index (χ4v) is 4.23. The molecule has 1 amide bonds. The van der Waals surface area contributed by atoms with Gasteiger partial charge in [0.1, 0.15) is 0 Å².